The van der Waals surface area contributed by atoms with Crippen LogP contribution in [0.25, 0.3) is 5.69 Å². The molecule has 0 amide bonds. The highest BCUT2D eigenvalue weighted by Crippen LogP contribution is 2.48. The standard InChI is InChI=1S/C21H13Cl2F3N4/c22-18-8-15(9-19(23)29-18)20(21(24,25)26)10-16(28-12-20)13-3-4-17(14(7-13)11-27)30-5-1-2-6-30/h1-9H,10,12H2. The number of aromatic nitrogens is 2. The Balaban J connectivity index is 1.74. The van der Waals surface area contributed by atoms with Gasteiger partial charge in [-0.05, 0) is 47.5 Å². The number of pyridine rings is 1. The Bertz CT molecular complexity index is 1160. The number of rotatable bonds is 3. The molecule has 0 fully saturated rings. The molecule has 0 saturated heterocycles. The number of alkyl halides is 3. The Morgan fingerprint density at radius 3 is 2.33 bits per heavy atom. The fourth-order valence-corrected chi connectivity index (χ4v) is 4.10. The van der Waals surface area contributed by atoms with Gasteiger partial charge < -0.3 is 4.57 Å². The van der Waals surface area contributed by atoms with Crippen LogP contribution in [-0.4, -0.2) is 28.0 Å². The zero-order valence-corrected chi connectivity index (χ0v) is 16.8. The van der Waals surface area contributed by atoms with E-state index in [0.717, 1.165) is 0 Å². The summed E-state index contributed by atoms with van der Waals surface area (Å²) in [4.78, 5) is 7.94. The van der Waals surface area contributed by atoms with E-state index < -0.39 is 18.1 Å². The molecule has 1 unspecified atom stereocenters. The second kappa shape index (κ2) is 7.46. The average Bonchev–Trinajstić information content (AvgIpc) is 3.37. The van der Waals surface area contributed by atoms with Crippen LogP contribution in [0.15, 0.2) is 59.9 Å². The van der Waals surface area contributed by atoms with Gasteiger partial charge in [-0.2, -0.15) is 18.4 Å². The van der Waals surface area contributed by atoms with Crippen molar-refractivity contribution in [2.24, 2.45) is 4.99 Å². The summed E-state index contributed by atoms with van der Waals surface area (Å²) in [6.07, 6.45) is -1.40. The topological polar surface area (TPSA) is 54.0 Å². The summed E-state index contributed by atoms with van der Waals surface area (Å²) < 4.78 is 44.4. The molecule has 3 heterocycles. The number of hydrogen-bond donors (Lipinski definition) is 0. The van der Waals surface area contributed by atoms with Gasteiger partial charge in [0.2, 0.25) is 0 Å². The van der Waals surface area contributed by atoms with E-state index in [1.54, 1.807) is 35.2 Å². The van der Waals surface area contributed by atoms with Crippen LogP contribution >= 0.6 is 23.2 Å². The van der Waals surface area contributed by atoms with E-state index in [-0.39, 0.29) is 28.0 Å². The molecule has 0 spiro atoms. The molecular weight excluding hydrogens is 436 g/mol. The summed E-state index contributed by atoms with van der Waals surface area (Å²) in [6, 6.07) is 13.0. The highest BCUT2D eigenvalue weighted by Gasteiger charge is 2.58. The number of halogens is 5. The zero-order valence-electron chi connectivity index (χ0n) is 15.3. The predicted molar refractivity (Wildman–Crippen MR) is 108 cm³/mol. The van der Waals surface area contributed by atoms with Gasteiger partial charge in [0.1, 0.15) is 21.8 Å². The molecule has 0 N–H and O–H groups in total. The molecule has 0 radical (unpaired) electrons. The van der Waals surface area contributed by atoms with Crippen LogP contribution in [0.3, 0.4) is 0 Å². The van der Waals surface area contributed by atoms with Crippen molar-refractivity contribution in [3.63, 3.8) is 0 Å². The van der Waals surface area contributed by atoms with Gasteiger partial charge in [-0.3, -0.25) is 4.99 Å². The molecule has 1 aliphatic rings. The average molecular weight is 449 g/mol. The second-order valence-electron chi connectivity index (χ2n) is 6.95. The predicted octanol–water partition coefficient (Wildman–Crippen LogP) is 5.74. The van der Waals surface area contributed by atoms with Gasteiger partial charge in [0.15, 0.2) is 0 Å². The van der Waals surface area contributed by atoms with Gasteiger partial charge in [0, 0.05) is 24.5 Å². The maximum Gasteiger partial charge on any atom is 0.400 e. The first-order chi connectivity index (χ1) is 14.2. The van der Waals surface area contributed by atoms with E-state index in [2.05, 4.69) is 16.0 Å². The molecule has 1 atom stereocenters. The lowest BCUT2D eigenvalue weighted by Gasteiger charge is -2.31. The molecule has 0 saturated carbocycles. The van der Waals surface area contributed by atoms with Gasteiger partial charge in [-0.25, -0.2) is 4.98 Å². The lowest BCUT2D eigenvalue weighted by molar-refractivity contribution is -0.183. The molecule has 4 nitrogen and oxygen atoms in total. The van der Waals surface area contributed by atoms with Gasteiger partial charge in [-0.15, -0.1) is 0 Å². The van der Waals surface area contributed by atoms with Crippen molar-refractivity contribution < 1.29 is 13.2 Å². The number of aliphatic imine (C=N–C) groups is 1. The largest absolute Gasteiger partial charge is 0.400 e. The third-order valence-corrected chi connectivity index (χ3v) is 5.59. The van der Waals surface area contributed by atoms with Crippen molar-refractivity contribution in [2.45, 2.75) is 18.0 Å². The van der Waals surface area contributed by atoms with Crippen molar-refractivity contribution >= 4 is 28.9 Å². The first-order valence-corrected chi connectivity index (χ1v) is 9.60. The molecule has 0 bridgehead atoms. The zero-order chi connectivity index (χ0) is 21.5. The van der Waals surface area contributed by atoms with Gasteiger partial charge in [0.05, 0.1) is 17.8 Å². The smallest absolute Gasteiger partial charge is 0.323 e. The van der Waals surface area contributed by atoms with Crippen molar-refractivity contribution in [1.82, 2.24) is 9.55 Å². The highest BCUT2D eigenvalue weighted by molar-refractivity contribution is 6.32. The second-order valence-corrected chi connectivity index (χ2v) is 7.73. The van der Waals surface area contributed by atoms with E-state index in [9.17, 15) is 18.4 Å². The summed E-state index contributed by atoms with van der Waals surface area (Å²) in [5.41, 5.74) is -0.620. The highest BCUT2D eigenvalue weighted by atomic mass is 35.5. The number of nitriles is 1. The quantitative estimate of drug-likeness (QED) is 0.479. The third-order valence-electron chi connectivity index (χ3n) is 5.20. The Hall–Kier alpha value is -2.82. The van der Waals surface area contributed by atoms with E-state index in [1.165, 1.54) is 12.1 Å². The van der Waals surface area contributed by atoms with Crippen LogP contribution in [0.1, 0.15) is 23.1 Å². The molecule has 1 aromatic carbocycles. The van der Waals surface area contributed by atoms with E-state index in [0.29, 0.717) is 16.8 Å². The van der Waals surface area contributed by atoms with Gasteiger partial charge in [0.25, 0.3) is 0 Å². The van der Waals surface area contributed by atoms with Crippen LogP contribution in [0.2, 0.25) is 10.3 Å². The molecule has 3 aromatic rings. The first-order valence-electron chi connectivity index (χ1n) is 8.85. The molecule has 152 valence electrons. The fraction of sp³-hybridized carbons (Fsp3) is 0.190. The fourth-order valence-electron chi connectivity index (χ4n) is 3.63. The summed E-state index contributed by atoms with van der Waals surface area (Å²) in [5.74, 6) is 0. The molecule has 9 heteroatoms. The molecule has 0 aliphatic carbocycles. The molecule has 2 aromatic heterocycles. The van der Waals surface area contributed by atoms with Crippen LogP contribution in [-0.2, 0) is 5.41 Å². The number of hydrogen-bond acceptors (Lipinski definition) is 3. The van der Waals surface area contributed by atoms with Crippen LogP contribution < -0.4 is 0 Å². The molecule has 4 rings (SSSR count). The Morgan fingerprint density at radius 1 is 1.07 bits per heavy atom. The number of benzene rings is 1. The van der Waals surface area contributed by atoms with Crippen molar-refractivity contribution in [3.8, 4) is 11.8 Å². The van der Waals surface area contributed by atoms with Gasteiger partial charge in [-0.1, -0.05) is 29.3 Å². The summed E-state index contributed by atoms with van der Waals surface area (Å²) in [5, 5.41) is 9.31. The molecular formula is C21H13Cl2F3N4. The van der Waals surface area contributed by atoms with Crippen molar-refractivity contribution in [2.75, 3.05) is 6.54 Å². The Kier molecular flexibility index (Phi) is 5.08. The van der Waals surface area contributed by atoms with Crippen LogP contribution in [0.5, 0.6) is 0 Å². The van der Waals surface area contributed by atoms with Crippen LogP contribution in [0, 0.1) is 11.3 Å². The Morgan fingerprint density at radius 2 is 1.73 bits per heavy atom. The summed E-state index contributed by atoms with van der Waals surface area (Å²) in [6.45, 7) is -0.496. The first kappa shape index (κ1) is 20.5. The lowest BCUT2D eigenvalue weighted by atomic mass is 9.77. The Labute approximate surface area is 180 Å². The maximum absolute atomic E-state index is 14.2. The normalized spacial score (nSPS) is 18.9. The molecule has 30 heavy (non-hydrogen) atoms. The van der Waals surface area contributed by atoms with E-state index >= 15 is 0 Å². The third kappa shape index (κ3) is 3.47. The van der Waals surface area contributed by atoms with E-state index in [4.69, 9.17) is 23.2 Å². The van der Waals surface area contributed by atoms with Crippen molar-refractivity contribution in [3.05, 3.63) is 81.9 Å². The monoisotopic (exact) mass is 448 g/mol. The minimum absolute atomic E-state index is 0.0804. The number of nitrogens with zero attached hydrogens (tertiary/aromatic N) is 4. The lowest BCUT2D eigenvalue weighted by Crippen LogP contribution is -2.43. The summed E-state index contributed by atoms with van der Waals surface area (Å²) >= 11 is 11.7. The summed E-state index contributed by atoms with van der Waals surface area (Å²) in [7, 11) is 0. The maximum atomic E-state index is 14.2. The SMILES string of the molecule is N#Cc1cc(C2=NCC(c3cc(Cl)nc(Cl)c3)(C(F)(F)F)C2)ccc1-n1cccc1. The molecule has 1 aliphatic heterocycles. The van der Waals surface area contributed by atoms with E-state index in [1.807, 2.05) is 12.1 Å². The van der Waals surface area contributed by atoms with Gasteiger partial charge >= 0.3 is 6.18 Å². The van der Waals surface area contributed by atoms with Crippen molar-refractivity contribution in [1.29, 1.82) is 5.26 Å². The minimum atomic E-state index is -4.59. The minimum Gasteiger partial charge on any atom is -0.323 e. The van der Waals surface area contributed by atoms with Crippen LogP contribution in [0.4, 0.5) is 13.2 Å².